The maximum atomic E-state index is 13.9. The molecule has 0 spiro atoms. The summed E-state index contributed by atoms with van der Waals surface area (Å²) in [6.07, 6.45) is 0. The van der Waals surface area contributed by atoms with Gasteiger partial charge in [0.2, 0.25) is 0 Å². The van der Waals surface area contributed by atoms with E-state index in [1.165, 1.54) is 4.90 Å². The van der Waals surface area contributed by atoms with Crippen LogP contribution in [0.25, 0.3) is 16.3 Å². The molecule has 0 saturated heterocycles. The van der Waals surface area contributed by atoms with E-state index < -0.39 is 5.91 Å². The highest BCUT2D eigenvalue weighted by molar-refractivity contribution is 6.47. The van der Waals surface area contributed by atoms with Crippen molar-refractivity contribution < 1.29 is 9.59 Å². The first kappa shape index (κ1) is 21.9. The SMILES string of the molecule is Cc1ccc(C2=C(Nc3cccc(Cl)c3C)C(=O)N(c3cccc4ccccc34)C2=O)cc1C. The molecule has 0 unspecified atom stereocenters. The van der Waals surface area contributed by atoms with Crippen molar-refractivity contribution >= 4 is 51.1 Å². The summed E-state index contributed by atoms with van der Waals surface area (Å²) >= 11 is 6.33. The van der Waals surface area contributed by atoms with Crippen LogP contribution in [-0.2, 0) is 9.59 Å². The van der Waals surface area contributed by atoms with Crippen molar-refractivity contribution in [1.82, 2.24) is 0 Å². The Hall–Kier alpha value is -3.89. The molecule has 0 aliphatic carbocycles. The topological polar surface area (TPSA) is 49.4 Å². The highest BCUT2D eigenvalue weighted by Crippen LogP contribution is 2.38. The molecule has 4 nitrogen and oxygen atoms in total. The zero-order valence-corrected chi connectivity index (χ0v) is 19.9. The quantitative estimate of drug-likeness (QED) is 0.336. The van der Waals surface area contributed by atoms with Crippen LogP contribution in [0.2, 0.25) is 5.02 Å². The fourth-order valence-corrected chi connectivity index (χ4v) is 4.48. The first-order valence-electron chi connectivity index (χ1n) is 11.1. The van der Waals surface area contributed by atoms with E-state index in [0.717, 1.165) is 27.5 Å². The van der Waals surface area contributed by atoms with E-state index in [4.69, 9.17) is 11.6 Å². The van der Waals surface area contributed by atoms with Crippen LogP contribution in [0.3, 0.4) is 0 Å². The van der Waals surface area contributed by atoms with Crippen LogP contribution in [0.5, 0.6) is 0 Å². The number of hydrogen-bond acceptors (Lipinski definition) is 3. The number of nitrogens with zero attached hydrogens (tertiary/aromatic N) is 1. The second-order valence-corrected chi connectivity index (χ2v) is 8.94. The van der Waals surface area contributed by atoms with Gasteiger partial charge in [0.25, 0.3) is 11.8 Å². The third-order valence-electron chi connectivity index (χ3n) is 6.41. The molecule has 0 atom stereocenters. The van der Waals surface area contributed by atoms with Gasteiger partial charge in [0, 0.05) is 16.1 Å². The lowest BCUT2D eigenvalue weighted by atomic mass is 9.99. The number of fused-ring (bicyclic) bond motifs is 1. The van der Waals surface area contributed by atoms with Gasteiger partial charge in [-0.1, -0.05) is 72.3 Å². The zero-order chi connectivity index (χ0) is 24.0. The zero-order valence-electron chi connectivity index (χ0n) is 19.1. The summed E-state index contributed by atoms with van der Waals surface area (Å²) in [4.78, 5) is 29.0. The van der Waals surface area contributed by atoms with Crippen LogP contribution in [0.1, 0.15) is 22.3 Å². The van der Waals surface area contributed by atoms with Crippen LogP contribution < -0.4 is 10.2 Å². The average Bonchev–Trinajstić information content (AvgIpc) is 3.07. The van der Waals surface area contributed by atoms with Gasteiger partial charge >= 0.3 is 0 Å². The Labute approximate surface area is 203 Å². The first-order chi connectivity index (χ1) is 16.4. The van der Waals surface area contributed by atoms with E-state index in [0.29, 0.717) is 27.5 Å². The second kappa shape index (κ2) is 8.47. The van der Waals surface area contributed by atoms with Crippen molar-refractivity contribution in [3.05, 3.63) is 112 Å². The van der Waals surface area contributed by atoms with Gasteiger partial charge in [-0.25, -0.2) is 4.90 Å². The summed E-state index contributed by atoms with van der Waals surface area (Å²) in [5, 5.41) is 5.63. The van der Waals surface area contributed by atoms with Crippen molar-refractivity contribution in [2.45, 2.75) is 20.8 Å². The fourth-order valence-electron chi connectivity index (χ4n) is 4.31. The van der Waals surface area contributed by atoms with Crippen LogP contribution >= 0.6 is 11.6 Å². The number of rotatable bonds is 4. The Morgan fingerprint density at radius 1 is 0.765 bits per heavy atom. The molecule has 0 saturated carbocycles. The van der Waals surface area contributed by atoms with E-state index in [-0.39, 0.29) is 11.6 Å². The van der Waals surface area contributed by atoms with E-state index in [9.17, 15) is 9.59 Å². The number of carbonyl (C=O) groups excluding carboxylic acids is 2. The largest absolute Gasteiger partial charge is 0.350 e. The summed E-state index contributed by atoms with van der Waals surface area (Å²) in [6.45, 7) is 5.90. The molecule has 1 heterocycles. The summed E-state index contributed by atoms with van der Waals surface area (Å²) in [5.74, 6) is -0.749. The number of imide groups is 1. The molecule has 1 aliphatic heterocycles. The molecule has 168 valence electrons. The molecule has 1 N–H and O–H groups in total. The molecule has 0 aromatic heterocycles. The molecule has 1 aliphatic rings. The summed E-state index contributed by atoms with van der Waals surface area (Å²) < 4.78 is 0. The molecule has 0 fully saturated rings. The Morgan fingerprint density at radius 3 is 2.29 bits per heavy atom. The van der Waals surface area contributed by atoms with E-state index in [2.05, 4.69) is 5.32 Å². The Morgan fingerprint density at radius 2 is 1.50 bits per heavy atom. The fraction of sp³-hybridized carbons (Fsp3) is 0.103. The predicted octanol–water partition coefficient (Wildman–Crippen LogP) is 6.82. The minimum absolute atomic E-state index is 0.242. The third kappa shape index (κ3) is 3.57. The van der Waals surface area contributed by atoms with Crippen molar-refractivity contribution in [3.63, 3.8) is 0 Å². The number of nitrogens with one attached hydrogen (secondary N) is 1. The number of hydrogen-bond donors (Lipinski definition) is 1. The monoisotopic (exact) mass is 466 g/mol. The number of amides is 2. The smallest absolute Gasteiger partial charge is 0.282 e. The van der Waals surface area contributed by atoms with E-state index in [1.807, 2.05) is 93.6 Å². The first-order valence-corrected chi connectivity index (χ1v) is 11.4. The highest BCUT2D eigenvalue weighted by atomic mass is 35.5. The summed E-state index contributed by atoms with van der Waals surface area (Å²) in [6, 6.07) is 24.7. The molecule has 5 heteroatoms. The molecule has 4 aromatic rings. The lowest BCUT2D eigenvalue weighted by Gasteiger charge is -2.18. The number of anilines is 2. The molecule has 4 aromatic carbocycles. The van der Waals surface area contributed by atoms with Crippen molar-refractivity contribution in [1.29, 1.82) is 0 Å². The van der Waals surface area contributed by atoms with Crippen molar-refractivity contribution in [3.8, 4) is 0 Å². The summed E-state index contributed by atoms with van der Waals surface area (Å²) in [5.41, 5.74) is 5.51. The molecule has 5 rings (SSSR count). The van der Waals surface area contributed by atoms with Gasteiger partial charge in [-0.2, -0.15) is 0 Å². The lowest BCUT2D eigenvalue weighted by Crippen LogP contribution is -2.32. The van der Waals surface area contributed by atoms with Gasteiger partial charge in [0.05, 0.1) is 11.3 Å². The van der Waals surface area contributed by atoms with Crippen molar-refractivity contribution in [2.24, 2.45) is 0 Å². The minimum Gasteiger partial charge on any atom is -0.350 e. The van der Waals surface area contributed by atoms with Crippen LogP contribution in [-0.4, -0.2) is 11.8 Å². The highest BCUT2D eigenvalue weighted by Gasteiger charge is 2.41. The van der Waals surface area contributed by atoms with Crippen molar-refractivity contribution in [2.75, 3.05) is 10.2 Å². The Balaban J connectivity index is 1.70. The molecule has 0 radical (unpaired) electrons. The van der Waals surface area contributed by atoms with Gasteiger partial charge in [0.15, 0.2) is 0 Å². The average molecular weight is 467 g/mol. The van der Waals surface area contributed by atoms with Crippen LogP contribution in [0.4, 0.5) is 11.4 Å². The Kier molecular flexibility index (Phi) is 5.46. The normalized spacial score (nSPS) is 13.8. The molecular weight excluding hydrogens is 444 g/mol. The van der Waals surface area contributed by atoms with Crippen LogP contribution in [0, 0.1) is 20.8 Å². The van der Waals surface area contributed by atoms with Gasteiger partial charge in [-0.15, -0.1) is 0 Å². The van der Waals surface area contributed by atoms with Gasteiger partial charge < -0.3 is 5.32 Å². The standard InChI is InChI=1S/C29H23ClN2O2/c1-17-14-15-21(16-18(17)2)26-27(31-24-12-7-11-23(30)19(24)3)29(34)32(28(26)33)25-13-6-9-20-8-4-5-10-22(20)25/h4-16,31H,1-3H3. The molecule has 2 amide bonds. The van der Waals surface area contributed by atoms with E-state index in [1.54, 1.807) is 6.07 Å². The van der Waals surface area contributed by atoms with E-state index >= 15 is 0 Å². The summed E-state index contributed by atoms with van der Waals surface area (Å²) in [7, 11) is 0. The lowest BCUT2D eigenvalue weighted by molar-refractivity contribution is -0.120. The maximum absolute atomic E-state index is 13.9. The maximum Gasteiger partial charge on any atom is 0.282 e. The molecular formula is C29H23ClN2O2. The number of carbonyl (C=O) groups is 2. The van der Waals surface area contributed by atoms with Gasteiger partial charge in [-0.3, -0.25) is 9.59 Å². The molecule has 0 bridgehead atoms. The van der Waals surface area contributed by atoms with Gasteiger partial charge in [-0.05, 0) is 66.6 Å². The predicted molar refractivity (Wildman–Crippen MR) is 139 cm³/mol. The molecule has 34 heavy (non-hydrogen) atoms. The third-order valence-corrected chi connectivity index (χ3v) is 6.82. The Bertz CT molecular complexity index is 1510. The second-order valence-electron chi connectivity index (χ2n) is 8.53. The van der Waals surface area contributed by atoms with Gasteiger partial charge in [0.1, 0.15) is 5.70 Å². The number of aryl methyl sites for hydroxylation is 2. The minimum atomic E-state index is -0.394. The number of benzene rings is 4. The van der Waals surface area contributed by atoms with Crippen LogP contribution in [0.15, 0.2) is 84.6 Å². The number of halogens is 1.